The maximum absolute atomic E-state index is 11.9. The summed E-state index contributed by atoms with van der Waals surface area (Å²) in [6.45, 7) is 5.47. The number of amides is 1. The second kappa shape index (κ2) is 19.5. The Balaban J connectivity index is 3.37. The Morgan fingerprint density at radius 2 is 1.65 bits per heavy atom. The number of carbonyl (C=O) groups excluding carboxylic acids is 2. The van der Waals surface area contributed by atoms with Crippen molar-refractivity contribution in [2.24, 2.45) is 5.73 Å². The molecule has 0 spiro atoms. The van der Waals surface area contributed by atoms with Crippen LogP contribution in [0, 0.1) is 0 Å². The number of Topliss-reactive ketones (excluding diaryl/α,β-unsaturated/α-hetero) is 1. The van der Waals surface area contributed by atoms with Crippen molar-refractivity contribution in [1.82, 2.24) is 10.2 Å². The standard InChI is InChI=1S/C19H39N3O2S2/c1-3-9-19(24)21-13-17-26-25-16-8-10-18(23)11-15-22(2)14-7-5-4-6-12-20/h3-17,20H2,1-2H3,(H,21,24). The highest BCUT2D eigenvalue weighted by molar-refractivity contribution is 8.76. The summed E-state index contributed by atoms with van der Waals surface area (Å²) < 4.78 is 0. The van der Waals surface area contributed by atoms with Gasteiger partial charge in [0, 0.05) is 43.9 Å². The predicted octanol–water partition coefficient (Wildman–Crippen LogP) is 3.47. The molecule has 0 aliphatic rings. The van der Waals surface area contributed by atoms with E-state index in [-0.39, 0.29) is 5.91 Å². The third-order valence-corrected chi connectivity index (χ3v) is 6.51. The van der Waals surface area contributed by atoms with Crippen LogP contribution in [0.4, 0.5) is 0 Å². The van der Waals surface area contributed by atoms with E-state index in [1.165, 1.54) is 19.3 Å². The Hall–Kier alpha value is -0.240. The van der Waals surface area contributed by atoms with E-state index in [0.29, 0.717) is 25.0 Å². The molecule has 0 aromatic rings. The molecule has 0 radical (unpaired) electrons. The van der Waals surface area contributed by atoms with Gasteiger partial charge in [0.1, 0.15) is 5.78 Å². The fraction of sp³-hybridized carbons (Fsp3) is 0.895. The highest BCUT2D eigenvalue weighted by Crippen LogP contribution is 2.21. The quantitative estimate of drug-likeness (QED) is 0.253. The molecule has 154 valence electrons. The third-order valence-electron chi connectivity index (χ3n) is 4.02. The van der Waals surface area contributed by atoms with Gasteiger partial charge in [-0.3, -0.25) is 9.59 Å². The SMILES string of the molecule is CCCC(=O)NCCSSCCCC(=O)CCN(C)CCCCCCN. The van der Waals surface area contributed by atoms with Gasteiger partial charge in [0.2, 0.25) is 5.91 Å². The van der Waals surface area contributed by atoms with Crippen molar-refractivity contribution >= 4 is 33.3 Å². The van der Waals surface area contributed by atoms with E-state index in [4.69, 9.17) is 5.73 Å². The van der Waals surface area contributed by atoms with E-state index < -0.39 is 0 Å². The minimum absolute atomic E-state index is 0.143. The minimum Gasteiger partial charge on any atom is -0.355 e. The second-order valence-electron chi connectivity index (χ2n) is 6.64. The van der Waals surface area contributed by atoms with Crippen molar-refractivity contribution in [3.63, 3.8) is 0 Å². The normalized spacial score (nSPS) is 11.1. The van der Waals surface area contributed by atoms with E-state index >= 15 is 0 Å². The summed E-state index contributed by atoms with van der Waals surface area (Å²) in [6.07, 6.45) is 8.56. The molecule has 0 rings (SSSR count). The lowest BCUT2D eigenvalue weighted by Gasteiger charge is -2.15. The van der Waals surface area contributed by atoms with Crippen molar-refractivity contribution in [2.75, 3.05) is 44.7 Å². The molecule has 0 saturated carbocycles. The first kappa shape index (κ1) is 25.8. The van der Waals surface area contributed by atoms with Gasteiger partial charge in [-0.15, -0.1) is 0 Å². The number of rotatable bonds is 19. The van der Waals surface area contributed by atoms with Crippen molar-refractivity contribution < 1.29 is 9.59 Å². The summed E-state index contributed by atoms with van der Waals surface area (Å²) in [7, 11) is 5.67. The molecule has 7 heteroatoms. The Morgan fingerprint density at radius 1 is 0.923 bits per heavy atom. The Labute approximate surface area is 168 Å². The first-order valence-corrected chi connectivity index (χ1v) is 12.5. The minimum atomic E-state index is 0.143. The average Bonchev–Trinajstić information content (AvgIpc) is 2.62. The third kappa shape index (κ3) is 18.5. The van der Waals surface area contributed by atoms with E-state index in [1.54, 1.807) is 21.6 Å². The topological polar surface area (TPSA) is 75.4 Å². The van der Waals surface area contributed by atoms with Gasteiger partial charge in [-0.2, -0.15) is 0 Å². The molecule has 5 nitrogen and oxygen atoms in total. The first-order valence-electron chi connectivity index (χ1n) is 10.0. The summed E-state index contributed by atoms with van der Waals surface area (Å²) in [4.78, 5) is 25.5. The van der Waals surface area contributed by atoms with Gasteiger partial charge in [0.15, 0.2) is 0 Å². The van der Waals surface area contributed by atoms with E-state index in [2.05, 4.69) is 17.3 Å². The number of hydrogen-bond acceptors (Lipinski definition) is 6. The molecule has 0 aliphatic heterocycles. The molecule has 0 unspecified atom stereocenters. The van der Waals surface area contributed by atoms with Gasteiger partial charge in [-0.05, 0) is 45.8 Å². The highest BCUT2D eigenvalue weighted by atomic mass is 33.1. The molecule has 0 fully saturated rings. The van der Waals surface area contributed by atoms with Gasteiger partial charge in [-0.1, -0.05) is 41.4 Å². The molecular formula is C19H39N3O2S2. The molecule has 0 aromatic heterocycles. The molecule has 0 aromatic carbocycles. The van der Waals surface area contributed by atoms with E-state index in [1.807, 2.05) is 6.92 Å². The second-order valence-corrected chi connectivity index (χ2v) is 9.34. The van der Waals surface area contributed by atoms with Gasteiger partial charge in [-0.25, -0.2) is 0 Å². The fourth-order valence-corrected chi connectivity index (χ4v) is 4.42. The number of nitrogens with two attached hydrogens (primary N) is 1. The largest absolute Gasteiger partial charge is 0.355 e. The molecule has 26 heavy (non-hydrogen) atoms. The van der Waals surface area contributed by atoms with Crippen LogP contribution in [0.2, 0.25) is 0 Å². The van der Waals surface area contributed by atoms with Crippen molar-refractivity contribution in [1.29, 1.82) is 0 Å². The zero-order chi connectivity index (χ0) is 19.5. The zero-order valence-electron chi connectivity index (χ0n) is 16.8. The van der Waals surface area contributed by atoms with Crippen molar-refractivity contribution in [3.05, 3.63) is 0 Å². The molecule has 0 aliphatic carbocycles. The molecule has 3 N–H and O–H groups in total. The Bertz CT molecular complexity index is 358. The molecule has 0 atom stereocenters. The summed E-state index contributed by atoms with van der Waals surface area (Å²) in [5, 5.41) is 2.91. The van der Waals surface area contributed by atoms with Crippen LogP contribution in [-0.4, -0.2) is 61.3 Å². The summed E-state index contributed by atoms with van der Waals surface area (Å²) in [6, 6.07) is 0. The van der Waals surface area contributed by atoms with Gasteiger partial charge in [0.05, 0.1) is 0 Å². The van der Waals surface area contributed by atoms with Crippen LogP contribution >= 0.6 is 21.6 Å². The van der Waals surface area contributed by atoms with Gasteiger partial charge in [0.25, 0.3) is 0 Å². The molecule has 0 bridgehead atoms. The number of hydrogen-bond donors (Lipinski definition) is 2. The van der Waals surface area contributed by atoms with Crippen LogP contribution in [0.15, 0.2) is 0 Å². The number of carbonyl (C=O) groups is 2. The predicted molar refractivity (Wildman–Crippen MR) is 117 cm³/mol. The van der Waals surface area contributed by atoms with Crippen LogP contribution in [0.1, 0.15) is 64.7 Å². The molecule has 0 heterocycles. The highest BCUT2D eigenvalue weighted by Gasteiger charge is 2.05. The van der Waals surface area contributed by atoms with Gasteiger partial charge >= 0.3 is 0 Å². The number of nitrogens with one attached hydrogen (secondary N) is 1. The lowest BCUT2D eigenvalue weighted by Crippen LogP contribution is -2.24. The average molecular weight is 406 g/mol. The van der Waals surface area contributed by atoms with Crippen LogP contribution in [0.25, 0.3) is 0 Å². The maximum atomic E-state index is 11.9. The van der Waals surface area contributed by atoms with Crippen LogP contribution in [0.3, 0.4) is 0 Å². The van der Waals surface area contributed by atoms with Crippen LogP contribution in [0.5, 0.6) is 0 Å². The summed E-state index contributed by atoms with van der Waals surface area (Å²) in [5.41, 5.74) is 5.49. The number of unbranched alkanes of at least 4 members (excludes halogenated alkanes) is 3. The maximum Gasteiger partial charge on any atom is 0.220 e. The molecular weight excluding hydrogens is 366 g/mol. The smallest absolute Gasteiger partial charge is 0.220 e. The van der Waals surface area contributed by atoms with Crippen LogP contribution < -0.4 is 11.1 Å². The summed E-state index contributed by atoms with van der Waals surface area (Å²) in [5.74, 6) is 2.43. The zero-order valence-corrected chi connectivity index (χ0v) is 18.4. The Morgan fingerprint density at radius 3 is 2.38 bits per heavy atom. The van der Waals surface area contributed by atoms with Crippen LogP contribution in [-0.2, 0) is 9.59 Å². The monoisotopic (exact) mass is 405 g/mol. The lowest BCUT2D eigenvalue weighted by molar-refractivity contribution is -0.121. The number of nitrogens with zero attached hydrogens (tertiary/aromatic N) is 1. The molecule has 0 saturated heterocycles. The van der Waals surface area contributed by atoms with Gasteiger partial charge < -0.3 is 16.0 Å². The van der Waals surface area contributed by atoms with E-state index in [0.717, 1.165) is 56.9 Å². The van der Waals surface area contributed by atoms with Crippen molar-refractivity contribution in [2.45, 2.75) is 64.7 Å². The fourth-order valence-electron chi connectivity index (χ4n) is 2.43. The van der Waals surface area contributed by atoms with Crippen molar-refractivity contribution in [3.8, 4) is 0 Å². The summed E-state index contributed by atoms with van der Waals surface area (Å²) >= 11 is 0. The molecule has 1 amide bonds. The number of ketones is 1. The lowest BCUT2D eigenvalue weighted by atomic mass is 10.1. The first-order chi connectivity index (χ1) is 12.6. The Kier molecular flexibility index (Phi) is 19.3. The van der Waals surface area contributed by atoms with E-state index in [9.17, 15) is 9.59 Å².